The summed E-state index contributed by atoms with van der Waals surface area (Å²) in [5, 5.41) is 1.12. The van der Waals surface area contributed by atoms with Gasteiger partial charge in [-0.2, -0.15) is 0 Å². The van der Waals surface area contributed by atoms with Crippen molar-refractivity contribution in [3.05, 3.63) is 66.4 Å². The molecule has 23 heavy (non-hydrogen) atoms. The average Bonchev–Trinajstić information content (AvgIpc) is 2.61. The van der Waals surface area contributed by atoms with Crippen molar-refractivity contribution in [2.24, 2.45) is 5.73 Å². The summed E-state index contributed by atoms with van der Waals surface area (Å²) in [5.74, 6) is -0.394. The molecule has 0 aliphatic rings. The van der Waals surface area contributed by atoms with E-state index < -0.39 is 12.0 Å². The van der Waals surface area contributed by atoms with Crippen molar-refractivity contribution in [2.75, 3.05) is 7.11 Å². The van der Waals surface area contributed by atoms with Gasteiger partial charge in [0.25, 0.3) is 0 Å². The maximum Gasteiger partial charge on any atom is 0.322 e. The van der Waals surface area contributed by atoms with E-state index in [9.17, 15) is 4.79 Å². The van der Waals surface area contributed by atoms with Crippen LogP contribution >= 0.6 is 0 Å². The first-order valence-electron chi connectivity index (χ1n) is 7.45. The third-order valence-electron chi connectivity index (χ3n) is 3.87. The molecule has 1 aromatic heterocycles. The van der Waals surface area contributed by atoms with Gasteiger partial charge in [0.1, 0.15) is 6.04 Å². The highest BCUT2D eigenvalue weighted by Gasteiger charge is 2.14. The quantitative estimate of drug-likeness (QED) is 0.753. The minimum Gasteiger partial charge on any atom is -0.468 e. The zero-order valence-electron chi connectivity index (χ0n) is 12.9. The molecule has 0 fully saturated rings. The first-order valence-corrected chi connectivity index (χ1v) is 7.45. The third-order valence-corrected chi connectivity index (χ3v) is 3.87. The Hall–Kier alpha value is -2.72. The first kappa shape index (κ1) is 15.2. The highest BCUT2D eigenvalue weighted by atomic mass is 16.5. The molecule has 3 rings (SSSR count). The van der Waals surface area contributed by atoms with Gasteiger partial charge in [0.05, 0.1) is 12.6 Å². The molecule has 4 nitrogen and oxygen atoms in total. The van der Waals surface area contributed by atoms with Crippen LogP contribution in [0.2, 0.25) is 0 Å². The highest BCUT2D eigenvalue weighted by molar-refractivity contribution is 5.94. The van der Waals surface area contributed by atoms with E-state index in [0.29, 0.717) is 6.42 Å². The Labute approximate surface area is 134 Å². The Morgan fingerprint density at radius 1 is 1.13 bits per heavy atom. The van der Waals surface area contributed by atoms with E-state index in [0.717, 1.165) is 27.6 Å². The van der Waals surface area contributed by atoms with Crippen molar-refractivity contribution in [3.8, 4) is 11.1 Å². The number of nitrogens with two attached hydrogens (primary N) is 1. The van der Waals surface area contributed by atoms with Crippen LogP contribution in [0.25, 0.3) is 22.0 Å². The van der Waals surface area contributed by atoms with E-state index in [1.807, 2.05) is 54.7 Å². The molecule has 0 saturated heterocycles. The minimum atomic E-state index is -0.632. The van der Waals surface area contributed by atoms with Crippen LogP contribution in [0.15, 0.2) is 60.8 Å². The maximum atomic E-state index is 11.4. The van der Waals surface area contributed by atoms with E-state index in [4.69, 9.17) is 5.73 Å². The van der Waals surface area contributed by atoms with E-state index in [1.165, 1.54) is 7.11 Å². The normalized spacial score (nSPS) is 12.1. The zero-order valence-corrected chi connectivity index (χ0v) is 12.9. The number of pyridine rings is 1. The number of para-hydroxylation sites is 1. The summed E-state index contributed by atoms with van der Waals surface area (Å²) in [4.78, 5) is 15.8. The van der Waals surface area contributed by atoms with Crippen molar-refractivity contribution in [1.82, 2.24) is 4.98 Å². The van der Waals surface area contributed by atoms with Crippen LogP contribution in [0.3, 0.4) is 0 Å². The second-order valence-corrected chi connectivity index (χ2v) is 5.41. The van der Waals surface area contributed by atoms with Crippen LogP contribution in [0, 0.1) is 0 Å². The lowest BCUT2D eigenvalue weighted by Gasteiger charge is -2.10. The van der Waals surface area contributed by atoms with Gasteiger partial charge in [-0.1, -0.05) is 42.5 Å². The lowest BCUT2D eigenvalue weighted by molar-refractivity contribution is -0.142. The van der Waals surface area contributed by atoms with Gasteiger partial charge in [-0.3, -0.25) is 9.78 Å². The molecule has 1 heterocycles. The van der Waals surface area contributed by atoms with Gasteiger partial charge in [-0.15, -0.1) is 0 Å². The molecule has 2 aromatic carbocycles. The van der Waals surface area contributed by atoms with E-state index in [-0.39, 0.29) is 0 Å². The minimum absolute atomic E-state index is 0.394. The third kappa shape index (κ3) is 3.22. The lowest BCUT2D eigenvalue weighted by atomic mass is 9.98. The second kappa shape index (κ2) is 6.58. The first-order chi connectivity index (χ1) is 11.2. The summed E-state index contributed by atoms with van der Waals surface area (Å²) in [6.07, 6.45) is 2.28. The summed E-state index contributed by atoms with van der Waals surface area (Å²) in [7, 11) is 1.35. The van der Waals surface area contributed by atoms with Crippen LogP contribution in [0.4, 0.5) is 0 Å². The summed E-state index contributed by atoms with van der Waals surface area (Å²) < 4.78 is 4.65. The van der Waals surface area contributed by atoms with Gasteiger partial charge in [0.15, 0.2) is 0 Å². The highest BCUT2D eigenvalue weighted by Crippen LogP contribution is 2.27. The molecule has 4 heteroatoms. The fourth-order valence-corrected chi connectivity index (χ4v) is 2.66. The van der Waals surface area contributed by atoms with E-state index >= 15 is 0 Å². The molecule has 0 spiro atoms. The SMILES string of the molecule is COC(=O)[C@@H](N)Cc1ccc(-c2ccnc3ccccc23)cc1. The average molecular weight is 306 g/mol. The fraction of sp³-hybridized carbons (Fsp3) is 0.158. The van der Waals surface area contributed by atoms with Gasteiger partial charge in [0, 0.05) is 11.6 Å². The Morgan fingerprint density at radius 3 is 2.61 bits per heavy atom. The number of benzene rings is 2. The predicted molar refractivity (Wildman–Crippen MR) is 90.9 cm³/mol. The molecule has 0 aliphatic carbocycles. The van der Waals surface area contributed by atoms with Gasteiger partial charge >= 0.3 is 5.97 Å². The van der Waals surface area contributed by atoms with Gasteiger partial charge < -0.3 is 10.5 Å². The molecule has 0 bridgehead atoms. The number of rotatable bonds is 4. The molecule has 0 unspecified atom stereocenters. The number of carbonyl (C=O) groups is 1. The number of nitrogens with zero attached hydrogens (tertiary/aromatic N) is 1. The van der Waals surface area contributed by atoms with Crippen LogP contribution < -0.4 is 5.73 Å². The van der Waals surface area contributed by atoms with Crippen molar-refractivity contribution in [2.45, 2.75) is 12.5 Å². The number of hydrogen-bond donors (Lipinski definition) is 1. The number of hydrogen-bond acceptors (Lipinski definition) is 4. The second-order valence-electron chi connectivity index (χ2n) is 5.41. The van der Waals surface area contributed by atoms with Crippen molar-refractivity contribution in [3.63, 3.8) is 0 Å². The van der Waals surface area contributed by atoms with E-state index in [1.54, 1.807) is 0 Å². The summed E-state index contributed by atoms with van der Waals surface area (Å²) >= 11 is 0. The molecule has 1 atom stereocenters. The molecular weight excluding hydrogens is 288 g/mol. The largest absolute Gasteiger partial charge is 0.468 e. The van der Waals surface area contributed by atoms with Crippen LogP contribution in [0.5, 0.6) is 0 Å². The van der Waals surface area contributed by atoms with Crippen LogP contribution in [0.1, 0.15) is 5.56 Å². The number of aromatic nitrogens is 1. The molecule has 116 valence electrons. The number of fused-ring (bicyclic) bond motifs is 1. The van der Waals surface area contributed by atoms with Gasteiger partial charge in [0.2, 0.25) is 0 Å². The smallest absolute Gasteiger partial charge is 0.322 e. The van der Waals surface area contributed by atoms with Crippen LogP contribution in [-0.4, -0.2) is 24.1 Å². The molecular formula is C19H18N2O2. The lowest BCUT2D eigenvalue weighted by Crippen LogP contribution is -2.33. The monoisotopic (exact) mass is 306 g/mol. The number of methoxy groups -OCH3 is 1. The Balaban J connectivity index is 1.88. The van der Waals surface area contributed by atoms with Crippen molar-refractivity contribution < 1.29 is 9.53 Å². The van der Waals surface area contributed by atoms with Crippen LogP contribution in [-0.2, 0) is 16.0 Å². The van der Waals surface area contributed by atoms with E-state index in [2.05, 4.69) is 15.8 Å². The van der Waals surface area contributed by atoms with Gasteiger partial charge in [-0.05, 0) is 35.2 Å². The van der Waals surface area contributed by atoms with Crippen molar-refractivity contribution >= 4 is 16.9 Å². The molecule has 0 aliphatic heterocycles. The van der Waals surface area contributed by atoms with Crippen molar-refractivity contribution in [1.29, 1.82) is 0 Å². The standard InChI is InChI=1S/C19H18N2O2/c1-23-19(22)17(20)12-13-6-8-14(9-7-13)15-10-11-21-18-5-3-2-4-16(15)18/h2-11,17H,12,20H2,1H3/t17-/m0/s1. The van der Waals surface area contributed by atoms with Gasteiger partial charge in [-0.25, -0.2) is 0 Å². The summed E-state index contributed by atoms with van der Waals surface area (Å²) in [6.45, 7) is 0. The summed E-state index contributed by atoms with van der Waals surface area (Å²) in [5.41, 5.74) is 10.0. The number of carbonyl (C=O) groups excluding carboxylic acids is 1. The Bertz CT molecular complexity index is 823. The Kier molecular flexibility index (Phi) is 4.35. The Morgan fingerprint density at radius 2 is 1.87 bits per heavy atom. The fourth-order valence-electron chi connectivity index (χ4n) is 2.66. The predicted octanol–water partition coefficient (Wildman–Crippen LogP) is 2.94. The maximum absolute atomic E-state index is 11.4. The molecule has 0 radical (unpaired) electrons. The molecule has 0 amide bonds. The topological polar surface area (TPSA) is 65.2 Å². The molecule has 3 aromatic rings. The number of esters is 1. The molecule has 0 saturated carbocycles. The summed E-state index contributed by atoms with van der Waals surface area (Å²) in [6, 6.07) is 17.5. The zero-order chi connectivity index (χ0) is 16.2. The molecule has 2 N–H and O–H groups in total. The number of ether oxygens (including phenoxy) is 1.